The maximum Gasteiger partial charge on any atom is 0.215 e. The van der Waals surface area contributed by atoms with E-state index in [4.69, 9.17) is 42.4 Å². The molecule has 0 radical (unpaired) electrons. The number of benzene rings is 3. The Bertz CT molecular complexity index is 1740. The molecule has 2 aliphatic rings. The Kier molecular flexibility index (Phi) is 8.08. The summed E-state index contributed by atoms with van der Waals surface area (Å²) in [5.41, 5.74) is 4.20. The van der Waals surface area contributed by atoms with Crippen molar-refractivity contribution in [2.75, 3.05) is 49.2 Å². The molecule has 7 rings (SSSR count). The standard InChI is InChI=1S/C34H33Cl2N5O3/c1-24-18-33(38-32-5-3-2-4-29(24)32)41-16-14-40(15-17-41)26-7-9-27(10-8-26)42-20-28-21-43-34(44-28,22-39-13-12-37-23-39)30-11-6-25(35)19-31(30)36/h2-13,18-19,23,28H,14-17,20-22H2,1H3. The minimum absolute atomic E-state index is 0.287. The summed E-state index contributed by atoms with van der Waals surface area (Å²) >= 11 is 12.8. The number of aromatic nitrogens is 3. The number of fused-ring (bicyclic) bond motifs is 1. The number of piperazine rings is 1. The van der Waals surface area contributed by atoms with E-state index in [9.17, 15) is 0 Å². The number of hydrogen-bond donors (Lipinski definition) is 0. The Morgan fingerprint density at radius 2 is 1.75 bits per heavy atom. The van der Waals surface area contributed by atoms with Gasteiger partial charge in [0.25, 0.3) is 0 Å². The highest BCUT2D eigenvalue weighted by Crippen LogP contribution is 2.40. The molecule has 8 nitrogen and oxygen atoms in total. The zero-order chi connectivity index (χ0) is 30.1. The molecular weight excluding hydrogens is 597 g/mol. The van der Waals surface area contributed by atoms with Crippen LogP contribution < -0.4 is 14.5 Å². The second kappa shape index (κ2) is 12.3. The first kappa shape index (κ1) is 28.9. The lowest BCUT2D eigenvalue weighted by atomic mass is 10.1. The third kappa shape index (κ3) is 5.95. The molecule has 2 unspecified atom stereocenters. The van der Waals surface area contributed by atoms with Gasteiger partial charge in [0.2, 0.25) is 5.79 Å². The largest absolute Gasteiger partial charge is 0.491 e. The number of hydrogen-bond acceptors (Lipinski definition) is 7. The molecule has 5 aromatic rings. The summed E-state index contributed by atoms with van der Waals surface area (Å²) in [5.74, 6) is 0.752. The van der Waals surface area contributed by atoms with Crippen molar-refractivity contribution in [3.63, 3.8) is 0 Å². The van der Waals surface area contributed by atoms with Crippen LogP contribution in [0.5, 0.6) is 5.75 Å². The van der Waals surface area contributed by atoms with E-state index in [1.807, 2.05) is 35.0 Å². The summed E-state index contributed by atoms with van der Waals surface area (Å²) in [6, 6.07) is 24.1. The van der Waals surface area contributed by atoms with Crippen molar-refractivity contribution in [3.05, 3.63) is 113 Å². The number of ether oxygens (including phenoxy) is 3. The van der Waals surface area contributed by atoms with Crippen molar-refractivity contribution in [1.82, 2.24) is 14.5 Å². The van der Waals surface area contributed by atoms with E-state index in [2.05, 4.69) is 58.1 Å². The first-order chi connectivity index (χ1) is 21.5. The van der Waals surface area contributed by atoms with Crippen molar-refractivity contribution in [1.29, 1.82) is 0 Å². The molecule has 10 heteroatoms. The van der Waals surface area contributed by atoms with Crippen molar-refractivity contribution >= 4 is 45.6 Å². The normalized spacial score (nSPS) is 20.4. The van der Waals surface area contributed by atoms with Crippen molar-refractivity contribution in [2.24, 2.45) is 0 Å². The second-order valence-corrected chi connectivity index (χ2v) is 12.1. The Labute approximate surface area is 266 Å². The highest BCUT2D eigenvalue weighted by Gasteiger charge is 2.45. The van der Waals surface area contributed by atoms with Crippen LogP contribution in [-0.2, 0) is 21.8 Å². The molecule has 0 amide bonds. The van der Waals surface area contributed by atoms with E-state index in [0.29, 0.717) is 29.8 Å². The summed E-state index contributed by atoms with van der Waals surface area (Å²) in [7, 11) is 0. The van der Waals surface area contributed by atoms with Crippen LogP contribution in [0.1, 0.15) is 11.1 Å². The summed E-state index contributed by atoms with van der Waals surface area (Å²) in [6.45, 7) is 6.94. The molecule has 4 heterocycles. The Balaban J connectivity index is 0.961. The smallest absolute Gasteiger partial charge is 0.215 e. The van der Waals surface area contributed by atoms with Gasteiger partial charge in [-0.25, -0.2) is 9.97 Å². The average molecular weight is 631 g/mol. The minimum atomic E-state index is -1.08. The lowest BCUT2D eigenvalue weighted by molar-refractivity contribution is -0.189. The number of halogens is 2. The number of nitrogens with zero attached hydrogens (tertiary/aromatic N) is 5. The summed E-state index contributed by atoms with van der Waals surface area (Å²) in [6.07, 6.45) is 5.03. The molecule has 0 saturated carbocycles. The van der Waals surface area contributed by atoms with Crippen LogP contribution in [0.15, 0.2) is 91.5 Å². The molecule has 2 saturated heterocycles. The van der Waals surface area contributed by atoms with Crippen LogP contribution in [0.3, 0.4) is 0 Å². The number of pyridine rings is 1. The fourth-order valence-corrected chi connectivity index (χ4v) is 6.56. The predicted octanol–water partition coefficient (Wildman–Crippen LogP) is 6.72. The van der Waals surface area contributed by atoms with Crippen LogP contribution in [0.25, 0.3) is 10.9 Å². The lowest BCUT2D eigenvalue weighted by Gasteiger charge is -2.37. The van der Waals surface area contributed by atoms with Crippen molar-refractivity contribution in [2.45, 2.75) is 25.4 Å². The molecule has 226 valence electrons. The van der Waals surface area contributed by atoms with Crippen LogP contribution >= 0.6 is 23.2 Å². The predicted molar refractivity (Wildman–Crippen MR) is 174 cm³/mol. The Morgan fingerprint density at radius 3 is 2.52 bits per heavy atom. The number of rotatable bonds is 8. The molecule has 2 atom stereocenters. The van der Waals surface area contributed by atoms with E-state index in [1.54, 1.807) is 24.7 Å². The van der Waals surface area contributed by atoms with Gasteiger partial charge in [-0.05, 0) is 61.0 Å². The zero-order valence-corrected chi connectivity index (χ0v) is 25.9. The highest BCUT2D eigenvalue weighted by atomic mass is 35.5. The number of para-hydroxylation sites is 1. The molecular formula is C34H33Cl2N5O3. The summed E-state index contributed by atoms with van der Waals surface area (Å²) < 4.78 is 20.9. The fourth-order valence-electron chi connectivity index (χ4n) is 6.01. The summed E-state index contributed by atoms with van der Waals surface area (Å²) in [4.78, 5) is 13.9. The zero-order valence-electron chi connectivity index (χ0n) is 24.4. The lowest BCUT2D eigenvalue weighted by Crippen LogP contribution is -2.46. The monoisotopic (exact) mass is 629 g/mol. The third-order valence-electron chi connectivity index (χ3n) is 8.30. The maximum atomic E-state index is 6.59. The topological polar surface area (TPSA) is 64.9 Å². The van der Waals surface area contributed by atoms with Gasteiger partial charge in [0.15, 0.2) is 0 Å². The van der Waals surface area contributed by atoms with E-state index >= 15 is 0 Å². The molecule has 44 heavy (non-hydrogen) atoms. The molecule has 2 aliphatic heterocycles. The van der Waals surface area contributed by atoms with Crippen LogP contribution in [-0.4, -0.2) is 60.0 Å². The van der Waals surface area contributed by atoms with Gasteiger partial charge in [-0.3, -0.25) is 0 Å². The van der Waals surface area contributed by atoms with Crippen LogP contribution in [0, 0.1) is 6.92 Å². The van der Waals surface area contributed by atoms with E-state index in [0.717, 1.165) is 48.8 Å². The van der Waals surface area contributed by atoms with Gasteiger partial charge < -0.3 is 28.6 Å². The van der Waals surface area contributed by atoms with Crippen molar-refractivity contribution in [3.8, 4) is 5.75 Å². The SMILES string of the molecule is Cc1cc(N2CCN(c3ccc(OCC4COC(Cn5ccnc5)(c5ccc(Cl)cc5Cl)O4)cc3)CC2)nc2ccccc12. The van der Waals surface area contributed by atoms with Gasteiger partial charge in [-0.2, -0.15) is 0 Å². The highest BCUT2D eigenvalue weighted by molar-refractivity contribution is 6.35. The number of anilines is 2. The molecule has 2 aromatic heterocycles. The van der Waals surface area contributed by atoms with E-state index in [-0.39, 0.29) is 6.10 Å². The fraction of sp³-hybridized carbons (Fsp3) is 0.294. The van der Waals surface area contributed by atoms with Gasteiger partial charge in [0.1, 0.15) is 24.3 Å². The molecule has 3 aromatic carbocycles. The van der Waals surface area contributed by atoms with E-state index < -0.39 is 5.79 Å². The van der Waals surface area contributed by atoms with Gasteiger partial charge >= 0.3 is 0 Å². The number of aryl methyl sites for hydroxylation is 1. The van der Waals surface area contributed by atoms with Gasteiger partial charge in [-0.15, -0.1) is 0 Å². The van der Waals surface area contributed by atoms with Gasteiger partial charge in [0.05, 0.1) is 30.0 Å². The van der Waals surface area contributed by atoms with Gasteiger partial charge in [0, 0.05) is 60.2 Å². The van der Waals surface area contributed by atoms with Crippen LogP contribution in [0.2, 0.25) is 10.0 Å². The first-order valence-electron chi connectivity index (χ1n) is 14.8. The summed E-state index contributed by atoms with van der Waals surface area (Å²) in [5, 5.41) is 2.25. The van der Waals surface area contributed by atoms with Crippen molar-refractivity contribution < 1.29 is 14.2 Å². The van der Waals surface area contributed by atoms with Gasteiger partial charge in [-0.1, -0.05) is 47.5 Å². The third-order valence-corrected chi connectivity index (χ3v) is 8.85. The Morgan fingerprint density at radius 1 is 0.955 bits per heavy atom. The molecule has 0 aliphatic carbocycles. The molecule has 0 N–H and O–H groups in total. The Hall–Kier alpha value is -3.82. The molecule has 0 spiro atoms. The quantitative estimate of drug-likeness (QED) is 0.189. The number of imidazole rings is 1. The average Bonchev–Trinajstić information content (AvgIpc) is 3.71. The maximum absolute atomic E-state index is 6.59. The van der Waals surface area contributed by atoms with E-state index in [1.165, 1.54) is 16.6 Å². The molecule has 0 bridgehead atoms. The minimum Gasteiger partial charge on any atom is -0.491 e. The van der Waals surface area contributed by atoms with Crippen LogP contribution in [0.4, 0.5) is 11.5 Å². The second-order valence-electron chi connectivity index (χ2n) is 11.3. The first-order valence-corrected chi connectivity index (χ1v) is 15.5. The molecule has 2 fully saturated rings.